The zero-order chi connectivity index (χ0) is 52.2. The Morgan fingerprint density at radius 1 is 0.493 bits per heavy atom. The molecule has 0 bridgehead atoms. The van der Waals surface area contributed by atoms with Crippen LogP contribution in [0.1, 0.15) is 85.5 Å². The van der Waals surface area contributed by atoms with Crippen molar-refractivity contribution >= 4 is 0 Å². The first-order chi connectivity index (χ1) is 34.7. The van der Waals surface area contributed by atoms with Crippen LogP contribution in [-0.4, -0.2) is 240 Å². The van der Waals surface area contributed by atoms with Gasteiger partial charge in [-0.05, 0) is 97.7 Å². The zero-order valence-electron chi connectivity index (χ0n) is 42.0. The number of aliphatic hydroxyl groups excluding tert-OH is 13. The summed E-state index contributed by atoms with van der Waals surface area (Å²) in [6, 6.07) is 0. The van der Waals surface area contributed by atoms with Crippen molar-refractivity contribution in [3.8, 4) is 0 Å². The Hall–Kier alpha value is -0.920. The summed E-state index contributed by atoms with van der Waals surface area (Å²) in [5.41, 5.74) is -0.111. The molecule has 32 atom stereocenters. The van der Waals surface area contributed by atoms with Crippen molar-refractivity contribution in [3.05, 3.63) is 0 Å². The summed E-state index contributed by atoms with van der Waals surface area (Å²) in [5, 5.41) is 141. The third kappa shape index (κ3) is 9.49. The van der Waals surface area contributed by atoms with Crippen LogP contribution < -0.4 is 0 Å². The molecule has 6 aliphatic heterocycles. The maximum absolute atomic E-state index is 12.1. The normalized spacial score (nSPS) is 58.2. The molecule has 4 aliphatic carbocycles. The third-order valence-corrected chi connectivity index (χ3v) is 20.0. The largest absolute Gasteiger partial charge is 0.394 e. The quantitative estimate of drug-likeness (QED) is 0.0902. The van der Waals surface area contributed by atoms with Gasteiger partial charge >= 0.3 is 0 Å². The average Bonchev–Trinajstić information content (AvgIpc) is 3.82. The summed E-state index contributed by atoms with van der Waals surface area (Å²) in [6.45, 7) is 7.00. The van der Waals surface area contributed by atoms with Crippen LogP contribution in [0.2, 0.25) is 0 Å². The monoisotopic (exact) mass is 1050 g/mol. The summed E-state index contributed by atoms with van der Waals surface area (Å²) >= 11 is 0. The van der Waals surface area contributed by atoms with Gasteiger partial charge in [-0.15, -0.1) is 0 Å². The van der Waals surface area contributed by atoms with Gasteiger partial charge in [0.1, 0.15) is 91.6 Å². The fraction of sp³-hybridized carbons (Fsp3) is 1.00. The molecular formula is C50H82O23. The van der Waals surface area contributed by atoms with E-state index in [1.54, 1.807) is 0 Å². The lowest BCUT2D eigenvalue weighted by molar-refractivity contribution is -0.404. The maximum atomic E-state index is 12.1. The van der Waals surface area contributed by atoms with Gasteiger partial charge in [0.05, 0.1) is 51.3 Å². The lowest BCUT2D eigenvalue weighted by Crippen LogP contribution is -2.68. The second kappa shape index (κ2) is 21.3. The van der Waals surface area contributed by atoms with E-state index in [4.69, 9.17) is 47.4 Å². The van der Waals surface area contributed by atoms with Crippen LogP contribution in [0.3, 0.4) is 0 Å². The number of aliphatic hydroxyl groups is 13. The molecule has 1 spiro atoms. The Kier molecular flexibility index (Phi) is 16.1. The van der Waals surface area contributed by atoms with Gasteiger partial charge in [0.2, 0.25) is 0 Å². The van der Waals surface area contributed by atoms with Crippen LogP contribution in [0.5, 0.6) is 0 Å². The highest BCUT2D eigenvalue weighted by Gasteiger charge is 2.70. The maximum Gasteiger partial charge on any atom is 0.187 e. The predicted octanol–water partition coefficient (Wildman–Crippen LogP) is -3.30. The minimum absolute atomic E-state index is 0.0758. The van der Waals surface area contributed by atoms with E-state index in [0.29, 0.717) is 48.9 Å². The number of hydrogen-bond acceptors (Lipinski definition) is 23. The van der Waals surface area contributed by atoms with E-state index in [9.17, 15) is 66.4 Å². The van der Waals surface area contributed by atoms with Gasteiger partial charge in [-0.2, -0.15) is 0 Å². The van der Waals surface area contributed by atoms with E-state index in [-0.39, 0.29) is 28.8 Å². The van der Waals surface area contributed by atoms with Gasteiger partial charge in [-0.3, -0.25) is 0 Å². The van der Waals surface area contributed by atoms with Crippen molar-refractivity contribution in [2.75, 3.05) is 33.0 Å². The van der Waals surface area contributed by atoms with E-state index >= 15 is 0 Å². The highest BCUT2D eigenvalue weighted by atomic mass is 16.8. The summed E-state index contributed by atoms with van der Waals surface area (Å²) in [5.74, 6) is 1.71. The fourth-order valence-electron chi connectivity index (χ4n) is 15.9. The van der Waals surface area contributed by atoms with Crippen molar-refractivity contribution < 1.29 is 114 Å². The molecule has 10 aliphatic rings. The van der Waals surface area contributed by atoms with E-state index in [1.807, 2.05) is 0 Å². The van der Waals surface area contributed by atoms with Gasteiger partial charge in [0.25, 0.3) is 0 Å². The highest BCUT2D eigenvalue weighted by molar-refractivity contribution is 5.16. The third-order valence-electron chi connectivity index (χ3n) is 20.0. The molecule has 23 heteroatoms. The molecule has 0 unspecified atom stereocenters. The molecule has 0 aromatic rings. The van der Waals surface area contributed by atoms with E-state index in [2.05, 4.69) is 27.7 Å². The van der Waals surface area contributed by atoms with Crippen LogP contribution in [0.15, 0.2) is 0 Å². The Bertz CT molecular complexity index is 1860. The summed E-state index contributed by atoms with van der Waals surface area (Å²) in [6.07, 6.45) is -26.8. The first kappa shape index (κ1) is 55.4. The molecule has 0 radical (unpaired) electrons. The summed E-state index contributed by atoms with van der Waals surface area (Å²) in [4.78, 5) is 0. The van der Waals surface area contributed by atoms with Gasteiger partial charge < -0.3 is 114 Å². The summed E-state index contributed by atoms with van der Waals surface area (Å²) in [7, 11) is 0. The van der Waals surface area contributed by atoms with Gasteiger partial charge in [0.15, 0.2) is 30.9 Å². The number of ether oxygens (including phenoxy) is 10. The van der Waals surface area contributed by atoms with Crippen molar-refractivity contribution in [1.82, 2.24) is 0 Å². The minimum atomic E-state index is -2.01. The first-order valence-corrected chi connectivity index (χ1v) is 26.8. The fourth-order valence-corrected chi connectivity index (χ4v) is 15.9. The van der Waals surface area contributed by atoms with Crippen molar-refractivity contribution in [3.63, 3.8) is 0 Å². The second-order valence-corrected chi connectivity index (χ2v) is 24.0. The summed E-state index contributed by atoms with van der Waals surface area (Å²) < 4.78 is 61.2. The highest BCUT2D eigenvalue weighted by Crippen LogP contribution is 2.71. The molecule has 73 heavy (non-hydrogen) atoms. The van der Waals surface area contributed by atoms with Crippen molar-refractivity contribution in [2.24, 2.45) is 52.3 Å². The Labute approximate surface area is 424 Å². The number of rotatable bonds is 11. The lowest BCUT2D eigenvalue weighted by Gasteiger charge is -2.62. The van der Waals surface area contributed by atoms with E-state index < -0.39 is 161 Å². The van der Waals surface area contributed by atoms with Gasteiger partial charge in [0, 0.05) is 12.3 Å². The molecular weight excluding hydrogens is 969 g/mol. The van der Waals surface area contributed by atoms with Crippen LogP contribution in [0.25, 0.3) is 0 Å². The van der Waals surface area contributed by atoms with Crippen LogP contribution in [0.4, 0.5) is 0 Å². The smallest absolute Gasteiger partial charge is 0.187 e. The molecule has 0 aromatic carbocycles. The predicted molar refractivity (Wildman–Crippen MR) is 244 cm³/mol. The van der Waals surface area contributed by atoms with Crippen LogP contribution in [0, 0.1) is 52.3 Å². The molecule has 10 fully saturated rings. The number of hydrogen-bond donors (Lipinski definition) is 13. The molecule has 6 saturated heterocycles. The topological polar surface area (TPSA) is 355 Å². The molecule has 10 rings (SSSR count). The number of fused-ring (bicyclic) bond motifs is 7. The second-order valence-electron chi connectivity index (χ2n) is 24.0. The molecule has 13 N–H and O–H groups in total. The van der Waals surface area contributed by atoms with E-state index in [0.717, 1.165) is 45.1 Å². The van der Waals surface area contributed by atoms with Crippen molar-refractivity contribution in [1.29, 1.82) is 0 Å². The molecule has 0 amide bonds. The molecule has 6 heterocycles. The lowest BCUT2D eigenvalue weighted by atomic mass is 9.43. The minimum Gasteiger partial charge on any atom is -0.394 e. The molecule has 4 saturated carbocycles. The first-order valence-electron chi connectivity index (χ1n) is 26.8. The van der Waals surface area contributed by atoms with Crippen molar-refractivity contribution in [2.45, 2.75) is 226 Å². The van der Waals surface area contributed by atoms with Gasteiger partial charge in [-0.1, -0.05) is 27.7 Å². The Morgan fingerprint density at radius 2 is 1.11 bits per heavy atom. The zero-order valence-corrected chi connectivity index (χ0v) is 42.0. The average molecular weight is 1050 g/mol. The molecule has 420 valence electrons. The molecule has 0 aromatic heterocycles. The van der Waals surface area contributed by atoms with Gasteiger partial charge in [-0.25, -0.2) is 0 Å². The standard InChI is InChI=1S/C50H82O23/c1-19-5-10-50(65-17-19)20(2)32-28(73-50)13-24-22-12-26(54)25-11-21(6-8-48(25,3)23(22)7-9-49(24,32)4)66-45-40(63)37(60)41(31(16-53)69-45)70-47-43(72-46-39(62)36(59)34(57)29(14-51)67-46)42(35(58)30(15-52)68-47)71-44-38(61)33(56)27(55)18-64-44/h19-47,51-63H,5-18H2,1-4H3/t19-,20-,21-,22-,23-,24+,25+,26-,27+,28-,29+,30+,31+,32-,33-,34+,35+,36-,37+,38+,39+,40+,41+,42-,43+,44-,45+,46-,47-,48-,49+,50-/m1/s1. The van der Waals surface area contributed by atoms with E-state index in [1.165, 1.54) is 0 Å². The Morgan fingerprint density at radius 3 is 1.81 bits per heavy atom. The van der Waals surface area contributed by atoms with Crippen LogP contribution in [-0.2, 0) is 47.4 Å². The van der Waals surface area contributed by atoms with Crippen LogP contribution >= 0.6 is 0 Å². The SMILES string of the molecule is C[C@@H]1CC[C@@]2(OC1)O[C@@H]1C[C@H]3[C@@H]4C[C@@H](O)[C@@H]5C[C@H](O[C@H]6O[C@@H](CO)[C@H](O[C@H]7O[C@@H](CO)[C@H](O)[C@@H](O[C@H]8OC[C@H](O)[C@@H](O)[C@@H]8O)[C@@H]7O[C@H]7O[C@@H](CO)[C@H](O)[C@@H](O)[C@@H]7O)[C@@H](O)[C@@H]6O)CC[C@]5(C)[C@@H]4CC[C@]3(C)[C@@H]1[C@H]2C. The Balaban J connectivity index is 0.822. The molecule has 23 nitrogen and oxygen atoms in total.